The highest BCUT2D eigenvalue weighted by atomic mass is 32.1. The van der Waals surface area contributed by atoms with Crippen molar-refractivity contribution in [1.82, 2.24) is 20.1 Å². The molecule has 0 aromatic carbocycles. The number of carbonyl (C=O) groups is 1. The Morgan fingerprint density at radius 3 is 2.90 bits per heavy atom. The molecule has 2 rings (SSSR count). The van der Waals surface area contributed by atoms with Crippen molar-refractivity contribution in [3.8, 4) is 0 Å². The number of aromatic nitrogens is 1. The summed E-state index contributed by atoms with van der Waals surface area (Å²) in [6.45, 7) is 6.49. The quantitative estimate of drug-likeness (QED) is 0.749. The van der Waals surface area contributed by atoms with E-state index in [2.05, 4.69) is 27.1 Å². The van der Waals surface area contributed by atoms with Crippen LogP contribution in [0.1, 0.15) is 15.5 Å². The minimum Gasteiger partial charge on any atom is -0.349 e. The molecule has 1 aromatic heterocycles. The van der Waals surface area contributed by atoms with Gasteiger partial charge in [-0.05, 0) is 13.6 Å². The van der Waals surface area contributed by atoms with Crippen LogP contribution in [0, 0.1) is 0 Å². The normalized spacial score (nSPS) is 17.3. The highest BCUT2D eigenvalue weighted by molar-refractivity contribution is 7.09. The number of piperazine rings is 1. The second-order valence-corrected chi connectivity index (χ2v) is 6.01. The number of likely N-dealkylation sites (N-methyl/N-ethyl adjacent to an activating group) is 1. The Bertz CT molecular complexity index is 428. The van der Waals surface area contributed by atoms with Gasteiger partial charge in [-0.1, -0.05) is 0 Å². The van der Waals surface area contributed by atoms with Gasteiger partial charge in [0.1, 0.15) is 5.69 Å². The van der Waals surface area contributed by atoms with E-state index in [0.29, 0.717) is 18.8 Å². The van der Waals surface area contributed by atoms with Crippen LogP contribution in [0.25, 0.3) is 0 Å². The maximum absolute atomic E-state index is 11.9. The maximum Gasteiger partial charge on any atom is 0.270 e. The molecule has 1 aliphatic heterocycles. The fourth-order valence-electron chi connectivity index (χ4n) is 2.14. The largest absolute Gasteiger partial charge is 0.349 e. The number of nitrogens with one attached hydrogen (secondary N) is 1. The molecule has 0 spiro atoms. The number of thiazole rings is 1. The predicted molar refractivity (Wildman–Crippen MR) is 81.1 cm³/mol. The van der Waals surface area contributed by atoms with Crippen LogP contribution >= 0.6 is 11.3 Å². The van der Waals surface area contributed by atoms with Crippen molar-refractivity contribution in [2.45, 2.75) is 6.42 Å². The minimum atomic E-state index is -0.0846. The molecule has 0 bridgehead atoms. The Balaban J connectivity index is 1.69. The molecule has 0 aliphatic carbocycles. The SMILES string of the molecule is CN1CCN(CCNC(=O)c2csc(CCN)n2)CC1. The molecule has 20 heavy (non-hydrogen) atoms. The van der Waals surface area contributed by atoms with Crippen LogP contribution in [0.3, 0.4) is 0 Å². The summed E-state index contributed by atoms with van der Waals surface area (Å²) in [4.78, 5) is 20.9. The molecule has 1 fully saturated rings. The summed E-state index contributed by atoms with van der Waals surface area (Å²) in [6.07, 6.45) is 0.735. The van der Waals surface area contributed by atoms with Crippen molar-refractivity contribution in [2.24, 2.45) is 5.73 Å². The van der Waals surface area contributed by atoms with E-state index in [9.17, 15) is 4.79 Å². The Hall–Kier alpha value is -1.02. The second-order valence-electron chi connectivity index (χ2n) is 5.07. The van der Waals surface area contributed by atoms with E-state index in [-0.39, 0.29) is 5.91 Å². The van der Waals surface area contributed by atoms with Gasteiger partial charge in [-0.25, -0.2) is 4.98 Å². The summed E-state index contributed by atoms with van der Waals surface area (Å²) in [7, 11) is 2.14. The van der Waals surface area contributed by atoms with Crippen molar-refractivity contribution < 1.29 is 4.79 Å². The van der Waals surface area contributed by atoms with Gasteiger partial charge < -0.3 is 16.0 Å². The lowest BCUT2D eigenvalue weighted by Gasteiger charge is -2.32. The molecule has 0 saturated carbocycles. The van der Waals surface area contributed by atoms with E-state index in [1.165, 1.54) is 11.3 Å². The molecule has 2 heterocycles. The fraction of sp³-hybridized carbons (Fsp3) is 0.692. The Kier molecular flexibility index (Phi) is 5.90. The van der Waals surface area contributed by atoms with Gasteiger partial charge in [0.2, 0.25) is 0 Å². The van der Waals surface area contributed by atoms with Gasteiger partial charge in [-0.2, -0.15) is 0 Å². The molecule has 6 nitrogen and oxygen atoms in total. The third kappa shape index (κ3) is 4.52. The fourth-order valence-corrected chi connectivity index (χ4v) is 2.94. The summed E-state index contributed by atoms with van der Waals surface area (Å²) < 4.78 is 0. The molecule has 1 aliphatic rings. The number of amides is 1. The lowest BCUT2D eigenvalue weighted by Crippen LogP contribution is -2.46. The molecule has 0 atom stereocenters. The summed E-state index contributed by atoms with van der Waals surface area (Å²) in [5, 5.41) is 5.66. The number of rotatable bonds is 6. The predicted octanol–water partition coefficient (Wildman–Crippen LogP) is -0.378. The third-order valence-corrected chi connectivity index (χ3v) is 4.36. The van der Waals surface area contributed by atoms with Crippen molar-refractivity contribution in [3.05, 3.63) is 16.1 Å². The first-order valence-corrected chi connectivity index (χ1v) is 7.90. The first kappa shape index (κ1) is 15.4. The third-order valence-electron chi connectivity index (χ3n) is 3.45. The number of carbonyl (C=O) groups excluding carboxylic acids is 1. The summed E-state index contributed by atoms with van der Waals surface area (Å²) in [5.74, 6) is -0.0846. The van der Waals surface area contributed by atoms with E-state index in [0.717, 1.165) is 44.2 Å². The standard InChI is InChI=1S/C13H23N5OS/c1-17-6-8-18(9-7-17)5-4-15-13(19)11-10-20-12(16-11)2-3-14/h10H,2-9,14H2,1H3,(H,15,19). The molecule has 1 saturated heterocycles. The summed E-state index contributed by atoms with van der Waals surface area (Å²) in [5.41, 5.74) is 5.99. The zero-order valence-corrected chi connectivity index (χ0v) is 12.8. The van der Waals surface area contributed by atoms with Crippen LogP contribution in [0.5, 0.6) is 0 Å². The smallest absolute Gasteiger partial charge is 0.270 e. The molecule has 112 valence electrons. The van der Waals surface area contributed by atoms with Gasteiger partial charge in [0.25, 0.3) is 5.91 Å². The van der Waals surface area contributed by atoms with Gasteiger partial charge >= 0.3 is 0 Å². The Labute approximate surface area is 124 Å². The second kappa shape index (κ2) is 7.68. The zero-order valence-electron chi connectivity index (χ0n) is 12.0. The lowest BCUT2D eigenvalue weighted by molar-refractivity contribution is 0.0936. The van der Waals surface area contributed by atoms with Crippen LogP contribution in [0.15, 0.2) is 5.38 Å². The van der Waals surface area contributed by atoms with Crippen molar-refractivity contribution >= 4 is 17.2 Å². The van der Waals surface area contributed by atoms with E-state index >= 15 is 0 Å². The van der Waals surface area contributed by atoms with Crippen LogP contribution in [-0.4, -0.2) is 73.6 Å². The van der Waals surface area contributed by atoms with E-state index < -0.39 is 0 Å². The number of nitrogens with two attached hydrogens (primary N) is 1. The van der Waals surface area contributed by atoms with Crippen molar-refractivity contribution in [3.63, 3.8) is 0 Å². The topological polar surface area (TPSA) is 74.5 Å². The highest BCUT2D eigenvalue weighted by Gasteiger charge is 2.14. The molecule has 1 amide bonds. The van der Waals surface area contributed by atoms with E-state index in [4.69, 9.17) is 5.73 Å². The lowest BCUT2D eigenvalue weighted by atomic mass is 10.3. The molecule has 1 aromatic rings. The van der Waals surface area contributed by atoms with Gasteiger partial charge in [-0.3, -0.25) is 9.69 Å². The van der Waals surface area contributed by atoms with Gasteiger partial charge in [-0.15, -0.1) is 11.3 Å². The number of nitrogens with zero attached hydrogens (tertiary/aromatic N) is 3. The van der Waals surface area contributed by atoms with Crippen LogP contribution in [0.2, 0.25) is 0 Å². The molecule has 0 radical (unpaired) electrons. The van der Waals surface area contributed by atoms with Crippen LogP contribution < -0.4 is 11.1 Å². The number of hydrogen-bond acceptors (Lipinski definition) is 6. The average Bonchev–Trinajstić information content (AvgIpc) is 2.90. The average molecular weight is 297 g/mol. The molecule has 0 unspecified atom stereocenters. The summed E-state index contributed by atoms with van der Waals surface area (Å²) in [6, 6.07) is 0. The first-order chi connectivity index (χ1) is 9.69. The number of hydrogen-bond donors (Lipinski definition) is 2. The first-order valence-electron chi connectivity index (χ1n) is 7.02. The van der Waals surface area contributed by atoms with Gasteiger partial charge in [0.15, 0.2) is 0 Å². The maximum atomic E-state index is 11.9. The van der Waals surface area contributed by atoms with E-state index in [1.54, 1.807) is 5.38 Å². The highest BCUT2D eigenvalue weighted by Crippen LogP contribution is 2.09. The van der Waals surface area contributed by atoms with Crippen LogP contribution in [0.4, 0.5) is 0 Å². The minimum absolute atomic E-state index is 0.0846. The Morgan fingerprint density at radius 1 is 1.45 bits per heavy atom. The molecular weight excluding hydrogens is 274 g/mol. The van der Waals surface area contributed by atoms with Gasteiger partial charge in [0, 0.05) is 51.1 Å². The summed E-state index contributed by atoms with van der Waals surface area (Å²) >= 11 is 1.50. The van der Waals surface area contributed by atoms with Crippen LogP contribution in [-0.2, 0) is 6.42 Å². The molecule has 3 N–H and O–H groups in total. The van der Waals surface area contributed by atoms with E-state index in [1.807, 2.05) is 0 Å². The van der Waals surface area contributed by atoms with Crippen molar-refractivity contribution in [2.75, 3.05) is 52.9 Å². The Morgan fingerprint density at radius 2 is 2.20 bits per heavy atom. The monoisotopic (exact) mass is 297 g/mol. The van der Waals surface area contributed by atoms with Gasteiger partial charge in [0.05, 0.1) is 5.01 Å². The molecular formula is C13H23N5OS. The van der Waals surface area contributed by atoms with Crippen molar-refractivity contribution in [1.29, 1.82) is 0 Å². The zero-order chi connectivity index (χ0) is 14.4. The molecule has 7 heteroatoms.